The molecule has 14 nitrogen and oxygen atoms in total. The molecule has 0 bridgehead atoms. The number of halogens is 6. The van der Waals surface area contributed by atoms with Crippen molar-refractivity contribution >= 4 is 46.9 Å². The van der Waals surface area contributed by atoms with Crippen LogP contribution in [0.15, 0.2) is 66.9 Å². The number of carboxylic acid groups (broad SMARTS) is 1. The molecule has 1 aliphatic heterocycles. The van der Waals surface area contributed by atoms with Crippen LogP contribution in [0.4, 0.5) is 17.6 Å². The molecule has 1 saturated heterocycles. The molecular formula is C45H53Cl2F4N7O7. The minimum absolute atomic E-state index is 0.0120. The Kier molecular flexibility index (Phi) is 17.0. The number of benzene rings is 3. The number of aliphatic hydroxyl groups is 1. The average molecular weight is 951 g/mol. The standard InChI is InChI=1S/C45H53Cl2F4N7O7/c1-27(52-22-34-35(48)18-32(47)19-38(34)65-33-13-9-29(10-14-33)37-23-53-39(56(37)4)24-55(2)3)41(62)54-36(25-59)43(64)57(5)44(20-28-7-11-31(46)12-8-28)15-6-16-58(26-44)42(63)30(17-40(60)61)21-45(49,50)51/h7-14,18-19,23,27,30,36,52,59H,6,15-17,20-22,24-26H2,1-5H3,(H,54,62)(H,60,61). The van der Waals surface area contributed by atoms with E-state index in [1.807, 2.05) is 42.7 Å². The van der Waals surface area contributed by atoms with Gasteiger partial charge in [0.25, 0.3) is 0 Å². The molecule has 352 valence electrons. The first-order valence-electron chi connectivity index (χ1n) is 20.7. The number of rotatable bonds is 19. The Balaban J connectivity index is 1.29. The van der Waals surface area contributed by atoms with Gasteiger partial charge in [-0.05, 0) is 94.4 Å². The molecule has 0 saturated carbocycles. The number of likely N-dealkylation sites (N-methyl/N-ethyl adjacent to an activating group) is 1. The van der Waals surface area contributed by atoms with Crippen LogP contribution < -0.4 is 15.4 Å². The van der Waals surface area contributed by atoms with Gasteiger partial charge >= 0.3 is 12.1 Å². The molecule has 4 aromatic rings. The molecule has 3 aromatic carbocycles. The Bertz CT molecular complexity index is 2310. The fraction of sp³-hybridized carbons (Fsp3) is 0.444. The summed E-state index contributed by atoms with van der Waals surface area (Å²) in [6.45, 7) is 0.792. The van der Waals surface area contributed by atoms with E-state index < -0.39 is 78.7 Å². The van der Waals surface area contributed by atoms with Crippen LogP contribution >= 0.6 is 23.2 Å². The van der Waals surface area contributed by atoms with E-state index in [1.54, 1.807) is 42.6 Å². The lowest BCUT2D eigenvalue weighted by Crippen LogP contribution is -2.65. The summed E-state index contributed by atoms with van der Waals surface area (Å²) in [5, 5.41) is 25.8. The van der Waals surface area contributed by atoms with E-state index in [9.17, 15) is 42.6 Å². The van der Waals surface area contributed by atoms with Gasteiger partial charge in [0.15, 0.2) is 0 Å². The first kappa shape index (κ1) is 50.7. The average Bonchev–Trinajstić information content (AvgIpc) is 3.59. The molecule has 0 aliphatic carbocycles. The third-order valence-electron chi connectivity index (χ3n) is 11.4. The highest BCUT2D eigenvalue weighted by molar-refractivity contribution is 6.31. The van der Waals surface area contributed by atoms with Crippen LogP contribution in [0.1, 0.15) is 49.6 Å². The summed E-state index contributed by atoms with van der Waals surface area (Å²) in [6.07, 6.45) is -5.13. The maximum absolute atomic E-state index is 15.5. The van der Waals surface area contributed by atoms with E-state index in [1.165, 1.54) is 24.9 Å². The number of nitrogens with zero attached hydrogens (tertiary/aromatic N) is 5. The second kappa shape index (κ2) is 21.8. The van der Waals surface area contributed by atoms with Crippen LogP contribution in [-0.2, 0) is 45.7 Å². The molecule has 0 spiro atoms. The second-order valence-corrected chi connectivity index (χ2v) is 17.5. The quantitative estimate of drug-likeness (QED) is 0.0768. The van der Waals surface area contributed by atoms with Crippen molar-refractivity contribution in [3.8, 4) is 22.8 Å². The van der Waals surface area contributed by atoms with E-state index in [2.05, 4.69) is 15.6 Å². The predicted octanol–water partition coefficient (Wildman–Crippen LogP) is 6.45. The smallest absolute Gasteiger partial charge is 0.389 e. The van der Waals surface area contributed by atoms with Crippen LogP contribution in [0, 0.1) is 11.7 Å². The predicted molar refractivity (Wildman–Crippen MR) is 236 cm³/mol. The molecule has 1 aromatic heterocycles. The fourth-order valence-corrected chi connectivity index (χ4v) is 8.24. The number of hydrogen-bond acceptors (Lipinski definition) is 9. The molecule has 2 heterocycles. The van der Waals surface area contributed by atoms with E-state index in [0.717, 1.165) is 28.0 Å². The summed E-state index contributed by atoms with van der Waals surface area (Å²) >= 11 is 12.3. The summed E-state index contributed by atoms with van der Waals surface area (Å²) in [5.41, 5.74) is 1.20. The van der Waals surface area contributed by atoms with Crippen LogP contribution in [0.25, 0.3) is 11.3 Å². The minimum Gasteiger partial charge on any atom is -0.481 e. The lowest BCUT2D eigenvalue weighted by molar-refractivity contribution is -0.166. The Hall–Kier alpha value is -5.27. The number of carbonyl (C=O) groups is 4. The van der Waals surface area contributed by atoms with Crippen molar-refractivity contribution in [2.45, 2.75) is 75.9 Å². The summed E-state index contributed by atoms with van der Waals surface area (Å²) in [4.78, 5) is 61.9. The maximum atomic E-state index is 15.5. The Labute approximate surface area is 384 Å². The largest absolute Gasteiger partial charge is 0.481 e. The summed E-state index contributed by atoms with van der Waals surface area (Å²) in [7, 11) is 7.24. The van der Waals surface area contributed by atoms with Gasteiger partial charge in [-0.3, -0.25) is 19.2 Å². The second-order valence-electron chi connectivity index (χ2n) is 16.6. The van der Waals surface area contributed by atoms with Crippen molar-refractivity contribution in [2.24, 2.45) is 13.0 Å². The van der Waals surface area contributed by atoms with Gasteiger partial charge in [0.1, 0.15) is 29.2 Å². The number of carbonyl (C=O) groups excluding carboxylic acids is 3. The normalized spacial score (nSPS) is 16.8. The van der Waals surface area contributed by atoms with Crippen LogP contribution in [0.5, 0.6) is 11.5 Å². The molecule has 4 atom stereocenters. The highest BCUT2D eigenvalue weighted by atomic mass is 35.5. The lowest BCUT2D eigenvalue weighted by atomic mass is 9.80. The topological polar surface area (TPSA) is 170 Å². The number of imidazole rings is 1. The number of aliphatic carboxylic acids is 1. The van der Waals surface area contributed by atoms with Crippen molar-refractivity contribution in [3.63, 3.8) is 0 Å². The van der Waals surface area contributed by atoms with Gasteiger partial charge in [-0.25, -0.2) is 9.37 Å². The highest BCUT2D eigenvalue weighted by Gasteiger charge is 2.46. The van der Waals surface area contributed by atoms with Gasteiger partial charge in [0.2, 0.25) is 17.7 Å². The number of aromatic nitrogens is 2. The van der Waals surface area contributed by atoms with Gasteiger partial charge in [0, 0.05) is 54.9 Å². The lowest BCUT2D eigenvalue weighted by Gasteiger charge is -2.49. The zero-order valence-electron chi connectivity index (χ0n) is 36.6. The molecule has 3 amide bonds. The molecule has 0 radical (unpaired) electrons. The van der Waals surface area contributed by atoms with Crippen molar-refractivity contribution in [1.29, 1.82) is 0 Å². The monoisotopic (exact) mass is 949 g/mol. The number of aliphatic hydroxyl groups excluding tert-OH is 1. The number of likely N-dealkylation sites (tertiary alicyclic amines) is 1. The van der Waals surface area contributed by atoms with Crippen molar-refractivity contribution in [1.82, 2.24) is 34.9 Å². The number of piperidine rings is 1. The van der Waals surface area contributed by atoms with Crippen molar-refractivity contribution < 1.29 is 51.7 Å². The molecule has 1 aliphatic rings. The van der Waals surface area contributed by atoms with Crippen LogP contribution in [-0.4, -0.2) is 123 Å². The van der Waals surface area contributed by atoms with Gasteiger partial charge in [-0.1, -0.05) is 35.3 Å². The number of nitrogens with one attached hydrogen (secondary N) is 2. The van der Waals surface area contributed by atoms with Gasteiger partial charge in [-0.2, -0.15) is 13.2 Å². The van der Waals surface area contributed by atoms with E-state index in [0.29, 0.717) is 22.9 Å². The number of carboxylic acids is 1. The minimum atomic E-state index is -4.82. The number of alkyl halides is 3. The molecule has 4 unspecified atom stereocenters. The zero-order valence-corrected chi connectivity index (χ0v) is 38.1. The first-order valence-corrected chi connectivity index (χ1v) is 21.5. The van der Waals surface area contributed by atoms with Crippen LogP contribution in [0.2, 0.25) is 10.0 Å². The summed E-state index contributed by atoms with van der Waals surface area (Å²) in [5.74, 6) is -5.35. The maximum Gasteiger partial charge on any atom is 0.389 e. The zero-order chi connectivity index (χ0) is 47.8. The molecule has 65 heavy (non-hydrogen) atoms. The SMILES string of the molecule is CC(NCc1c(F)cc(Cl)cc1Oc1ccc(-c2cnc(CN(C)C)n2C)cc1)C(=O)NC(CO)C(=O)N(C)C1(Cc2ccc(Cl)cc2)CCCN(C(=O)C(CC(=O)O)CC(F)(F)F)C1. The Morgan fingerprint density at radius 3 is 2.31 bits per heavy atom. The Morgan fingerprint density at radius 2 is 1.69 bits per heavy atom. The van der Waals surface area contributed by atoms with Crippen molar-refractivity contribution in [2.75, 3.05) is 40.8 Å². The molecule has 4 N–H and O–H groups in total. The van der Waals surface area contributed by atoms with E-state index in [4.69, 9.17) is 27.9 Å². The number of hydrogen-bond donors (Lipinski definition) is 4. The molecule has 20 heteroatoms. The van der Waals surface area contributed by atoms with E-state index in [-0.39, 0.29) is 55.2 Å². The fourth-order valence-electron chi connectivity index (χ4n) is 7.92. The van der Waals surface area contributed by atoms with Crippen molar-refractivity contribution in [3.05, 3.63) is 99.7 Å². The summed E-state index contributed by atoms with van der Waals surface area (Å²) in [6, 6.07) is 13.7. The van der Waals surface area contributed by atoms with E-state index >= 15 is 4.39 Å². The third-order valence-corrected chi connectivity index (χ3v) is 11.9. The Morgan fingerprint density at radius 1 is 1.02 bits per heavy atom. The van der Waals surface area contributed by atoms with Crippen LogP contribution in [0.3, 0.4) is 0 Å². The molecular weight excluding hydrogens is 897 g/mol. The molecule has 5 rings (SSSR count). The molecule has 1 fully saturated rings. The highest BCUT2D eigenvalue weighted by Crippen LogP contribution is 2.36. The van der Waals surface area contributed by atoms with Gasteiger partial charge in [0.05, 0.1) is 55.4 Å². The first-order chi connectivity index (χ1) is 30.6. The third kappa shape index (κ3) is 13.4. The van der Waals surface area contributed by atoms with Gasteiger partial charge in [-0.15, -0.1) is 0 Å². The number of ether oxygens (including phenoxy) is 1. The summed E-state index contributed by atoms with van der Waals surface area (Å²) < 4.78 is 64.1. The number of amides is 3. The van der Waals surface area contributed by atoms with Gasteiger partial charge < -0.3 is 44.9 Å².